The van der Waals surface area contributed by atoms with Crippen LogP contribution in [0.5, 0.6) is 11.5 Å². The third-order valence-corrected chi connectivity index (χ3v) is 4.97. The Hall–Kier alpha value is -3.12. The predicted octanol–water partition coefficient (Wildman–Crippen LogP) is 3.76. The number of benzene rings is 2. The highest BCUT2D eigenvalue weighted by atomic mass is 19.1. The van der Waals surface area contributed by atoms with Crippen molar-refractivity contribution in [2.24, 2.45) is 0 Å². The SMILES string of the molecule is C=CCOc1ccc(/C=C/C(=O)N2CCN(Cc3ccc(F)cc3)CC2)cc1OC. The number of piperazine rings is 1. The van der Waals surface area contributed by atoms with Crippen LogP contribution in [0.25, 0.3) is 6.08 Å². The molecule has 5 nitrogen and oxygen atoms in total. The number of ether oxygens (including phenoxy) is 2. The van der Waals surface area contributed by atoms with E-state index in [9.17, 15) is 9.18 Å². The van der Waals surface area contributed by atoms with Gasteiger partial charge in [0.1, 0.15) is 12.4 Å². The van der Waals surface area contributed by atoms with E-state index in [1.54, 1.807) is 37.5 Å². The van der Waals surface area contributed by atoms with Crippen molar-refractivity contribution in [3.8, 4) is 11.5 Å². The predicted molar refractivity (Wildman–Crippen MR) is 116 cm³/mol. The molecule has 0 saturated carbocycles. The van der Waals surface area contributed by atoms with E-state index in [2.05, 4.69) is 11.5 Å². The Bertz CT molecular complexity index is 888. The molecule has 0 N–H and O–H groups in total. The summed E-state index contributed by atoms with van der Waals surface area (Å²) in [6.07, 6.45) is 5.05. The molecule has 0 spiro atoms. The maximum Gasteiger partial charge on any atom is 0.246 e. The minimum absolute atomic E-state index is 0.0117. The number of rotatable bonds is 8. The Morgan fingerprint density at radius 2 is 1.83 bits per heavy atom. The topological polar surface area (TPSA) is 42.0 Å². The molecule has 6 heteroatoms. The van der Waals surface area contributed by atoms with E-state index in [0.717, 1.165) is 30.8 Å². The van der Waals surface area contributed by atoms with E-state index in [1.807, 2.05) is 23.1 Å². The van der Waals surface area contributed by atoms with Gasteiger partial charge in [-0.2, -0.15) is 0 Å². The van der Waals surface area contributed by atoms with E-state index >= 15 is 0 Å². The van der Waals surface area contributed by atoms with E-state index in [0.29, 0.717) is 31.2 Å². The lowest BCUT2D eigenvalue weighted by Gasteiger charge is -2.34. The minimum Gasteiger partial charge on any atom is -0.493 e. The van der Waals surface area contributed by atoms with Crippen LogP contribution in [0.3, 0.4) is 0 Å². The van der Waals surface area contributed by atoms with Gasteiger partial charge in [0, 0.05) is 38.8 Å². The van der Waals surface area contributed by atoms with Gasteiger partial charge in [-0.25, -0.2) is 4.39 Å². The molecule has 1 aliphatic heterocycles. The van der Waals surface area contributed by atoms with Crippen LogP contribution in [0.1, 0.15) is 11.1 Å². The Kier molecular flexibility index (Phi) is 7.63. The Morgan fingerprint density at radius 1 is 1.10 bits per heavy atom. The second-order valence-corrected chi connectivity index (χ2v) is 7.07. The average Bonchev–Trinajstić information content (AvgIpc) is 2.78. The van der Waals surface area contributed by atoms with E-state index in [-0.39, 0.29) is 11.7 Å². The maximum absolute atomic E-state index is 13.0. The molecule has 3 rings (SSSR count). The van der Waals surface area contributed by atoms with Crippen LogP contribution < -0.4 is 9.47 Å². The zero-order valence-electron chi connectivity index (χ0n) is 17.2. The van der Waals surface area contributed by atoms with Crippen molar-refractivity contribution < 1.29 is 18.7 Å². The fourth-order valence-corrected chi connectivity index (χ4v) is 3.30. The summed E-state index contributed by atoms with van der Waals surface area (Å²) in [5.41, 5.74) is 1.94. The minimum atomic E-state index is -0.225. The van der Waals surface area contributed by atoms with Crippen LogP contribution in [-0.2, 0) is 11.3 Å². The van der Waals surface area contributed by atoms with Gasteiger partial charge in [0.15, 0.2) is 11.5 Å². The first-order valence-corrected chi connectivity index (χ1v) is 9.94. The van der Waals surface area contributed by atoms with Crippen molar-refractivity contribution in [2.75, 3.05) is 39.9 Å². The van der Waals surface area contributed by atoms with Crippen LogP contribution in [-0.4, -0.2) is 55.6 Å². The van der Waals surface area contributed by atoms with Crippen LogP contribution >= 0.6 is 0 Å². The Morgan fingerprint density at radius 3 is 2.50 bits per heavy atom. The van der Waals surface area contributed by atoms with E-state index in [1.165, 1.54) is 12.1 Å². The largest absolute Gasteiger partial charge is 0.493 e. The highest BCUT2D eigenvalue weighted by Gasteiger charge is 2.19. The summed E-state index contributed by atoms with van der Waals surface area (Å²) in [6, 6.07) is 12.1. The van der Waals surface area contributed by atoms with Crippen molar-refractivity contribution in [3.05, 3.63) is 78.1 Å². The zero-order valence-corrected chi connectivity index (χ0v) is 17.2. The normalized spacial score (nSPS) is 14.7. The van der Waals surface area contributed by atoms with Crippen LogP contribution in [0.2, 0.25) is 0 Å². The molecule has 0 unspecified atom stereocenters. The maximum atomic E-state index is 13.0. The molecule has 1 saturated heterocycles. The smallest absolute Gasteiger partial charge is 0.246 e. The molecule has 0 bridgehead atoms. The molecule has 2 aromatic rings. The number of carbonyl (C=O) groups is 1. The summed E-state index contributed by atoms with van der Waals surface area (Å²) in [7, 11) is 1.58. The number of carbonyl (C=O) groups excluding carboxylic acids is 1. The lowest BCUT2D eigenvalue weighted by molar-refractivity contribution is -0.127. The van der Waals surface area contributed by atoms with E-state index in [4.69, 9.17) is 9.47 Å². The Balaban J connectivity index is 1.52. The summed E-state index contributed by atoms with van der Waals surface area (Å²) in [5.74, 6) is 1.01. The third-order valence-electron chi connectivity index (χ3n) is 4.97. The molecule has 158 valence electrons. The molecule has 1 aliphatic rings. The summed E-state index contributed by atoms with van der Waals surface area (Å²) in [4.78, 5) is 16.7. The summed E-state index contributed by atoms with van der Waals surface area (Å²) in [6.45, 7) is 7.72. The van der Waals surface area contributed by atoms with Gasteiger partial charge >= 0.3 is 0 Å². The molecule has 30 heavy (non-hydrogen) atoms. The highest BCUT2D eigenvalue weighted by molar-refractivity contribution is 5.92. The van der Waals surface area contributed by atoms with E-state index < -0.39 is 0 Å². The summed E-state index contributed by atoms with van der Waals surface area (Å²) >= 11 is 0. The average molecular weight is 410 g/mol. The van der Waals surface area contributed by atoms with Gasteiger partial charge in [-0.1, -0.05) is 30.9 Å². The molecular formula is C24H27FN2O3. The van der Waals surface area contributed by atoms with Gasteiger partial charge in [-0.05, 0) is 41.5 Å². The summed E-state index contributed by atoms with van der Waals surface area (Å²) < 4.78 is 23.9. The van der Waals surface area contributed by atoms with Crippen LogP contribution in [0.15, 0.2) is 61.2 Å². The second-order valence-electron chi connectivity index (χ2n) is 7.07. The lowest BCUT2D eigenvalue weighted by Crippen LogP contribution is -2.47. The van der Waals surface area contributed by atoms with Crippen molar-refractivity contribution in [1.82, 2.24) is 9.80 Å². The van der Waals surface area contributed by atoms with Gasteiger partial charge in [-0.15, -0.1) is 0 Å². The van der Waals surface area contributed by atoms with Gasteiger partial charge in [0.05, 0.1) is 7.11 Å². The first-order chi connectivity index (χ1) is 14.6. The number of nitrogens with zero attached hydrogens (tertiary/aromatic N) is 2. The molecule has 0 aliphatic carbocycles. The fraction of sp³-hybridized carbons (Fsp3) is 0.292. The number of halogens is 1. The number of hydrogen-bond acceptors (Lipinski definition) is 4. The van der Waals surface area contributed by atoms with Crippen LogP contribution in [0, 0.1) is 5.82 Å². The fourth-order valence-electron chi connectivity index (χ4n) is 3.30. The van der Waals surface area contributed by atoms with Crippen molar-refractivity contribution in [3.63, 3.8) is 0 Å². The molecule has 1 amide bonds. The lowest BCUT2D eigenvalue weighted by atomic mass is 10.1. The number of hydrogen-bond donors (Lipinski definition) is 0. The number of methoxy groups -OCH3 is 1. The molecule has 0 radical (unpaired) electrons. The molecular weight excluding hydrogens is 383 g/mol. The zero-order chi connectivity index (χ0) is 21.3. The van der Waals surface area contributed by atoms with Crippen LogP contribution in [0.4, 0.5) is 4.39 Å². The standard InChI is InChI=1S/C24H27FN2O3/c1-3-16-30-22-10-6-19(17-23(22)29-2)7-11-24(28)27-14-12-26(13-15-27)18-20-4-8-21(25)9-5-20/h3-11,17H,1,12-16,18H2,2H3/b11-7+. The van der Waals surface area contributed by atoms with Crippen molar-refractivity contribution in [1.29, 1.82) is 0 Å². The first kappa shape index (κ1) is 21.6. The highest BCUT2D eigenvalue weighted by Crippen LogP contribution is 2.28. The monoisotopic (exact) mass is 410 g/mol. The quantitative estimate of drug-likeness (QED) is 0.491. The number of amides is 1. The van der Waals surface area contributed by atoms with Crippen molar-refractivity contribution >= 4 is 12.0 Å². The van der Waals surface area contributed by atoms with Gasteiger partial charge in [0.25, 0.3) is 0 Å². The molecule has 0 aromatic heterocycles. The summed E-state index contributed by atoms with van der Waals surface area (Å²) in [5, 5.41) is 0. The van der Waals surface area contributed by atoms with Crippen molar-refractivity contribution in [2.45, 2.75) is 6.54 Å². The molecule has 1 fully saturated rings. The third kappa shape index (κ3) is 5.94. The van der Waals surface area contributed by atoms with Gasteiger partial charge < -0.3 is 14.4 Å². The van der Waals surface area contributed by atoms with Gasteiger partial charge in [0.2, 0.25) is 5.91 Å². The molecule has 0 atom stereocenters. The Labute approximate surface area is 177 Å². The van der Waals surface area contributed by atoms with Gasteiger partial charge in [-0.3, -0.25) is 9.69 Å². The first-order valence-electron chi connectivity index (χ1n) is 9.94. The second kappa shape index (κ2) is 10.6. The molecule has 1 heterocycles. The molecule has 2 aromatic carbocycles.